The number of carbonyl (C=O) groups excluding carboxylic acids is 2. The zero-order chi connectivity index (χ0) is 70.8. The van der Waals surface area contributed by atoms with E-state index in [-0.39, 0.29) is 18.5 Å². The molecule has 1 heterocycles. The molecule has 1 aliphatic rings. The number of carbonyl (C=O) groups is 2. The van der Waals surface area contributed by atoms with Crippen molar-refractivity contribution in [3.8, 4) is 0 Å². The molecule has 0 radical (unpaired) electrons. The number of aliphatic hydroxyl groups is 5. The summed E-state index contributed by atoms with van der Waals surface area (Å²) in [6.07, 6.45) is 89.6. The molecular weight excluding hydrogens is 1220 g/mol. The lowest BCUT2D eigenvalue weighted by Gasteiger charge is -2.40. The van der Waals surface area contributed by atoms with Crippen LogP contribution < -0.4 is 5.32 Å². The average molecular weight is 1390 g/mol. The standard InChI is InChI=1S/C87H167NO10/c1-3-5-7-9-11-13-15-17-19-43-47-51-55-59-63-67-71-75-83(92)96-76-72-68-64-60-56-52-48-45-42-40-38-36-34-32-30-28-26-24-22-20-21-23-25-27-29-31-33-35-37-39-41-44-46-50-54-58-62-66-70-74-82(91)88-79(78-97-87-86(95)85(94)84(93)81(77-89)98-87)80(90)73-69-65-61-57-53-49-18-16-14-12-10-8-6-4-2/h53,57,69,73,79-81,84-87,89-90,93-95H,3-52,54-56,58-68,70-72,74-78H2,1-2H3,(H,88,91)/b57-53+,73-69+. The van der Waals surface area contributed by atoms with E-state index >= 15 is 0 Å². The summed E-state index contributed by atoms with van der Waals surface area (Å²) in [6, 6.07) is -0.823. The van der Waals surface area contributed by atoms with Gasteiger partial charge in [-0.25, -0.2) is 0 Å². The molecule has 1 amide bonds. The minimum absolute atomic E-state index is 0.0234. The Labute approximate surface area is 607 Å². The van der Waals surface area contributed by atoms with Gasteiger partial charge in [-0.15, -0.1) is 0 Å². The number of aliphatic hydroxyl groups excluding tert-OH is 5. The van der Waals surface area contributed by atoms with Gasteiger partial charge in [0.1, 0.15) is 24.4 Å². The van der Waals surface area contributed by atoms with Gasteiger partial charge in [-0.3, -0.25) is 9.59 Å². The number of ether oxygens (including phenoxy) is 3. The monoisotopic (exact) mass is 1390 g/mol. The topological polar surface area (TPSA) is 175 Å². The maximum atomic E-state index is 13.1. The van der Waals surface area contributed by atoms with Gasteiger partial charge in [-0.2, -0.15) is 0 Å². The summed E-state index contributed by atoms with van der Waals surface area (Å²) >= 11 is 0. The number of unbranched alkanes of at least 4 members (excludes halogenated alkanes) is 63. The quantitative estimate of drug-likeness (QED) is 0.0195. The van der Waals surface area contributed by atoms with E-state index in [0.29, 0.717) is 19.4 Å². The van der Waals surface area contributed by atoms with Gasteiger partial charge in [0, 0.05) is 12.8 Å². The van der Waals surface area contributed by atoms with Crippen LogP contribution in [0.5, 0.6) is 0 Å². The SMILES string of the molecule is CCCCCCCCCC/C=C/CC/C=C/C(O)C(COC1OC(CO)C(O)C(O)C1O)NC(=O)CCCCCCCCCCCCCCCCCCCCCCCCCCCCCCCCCCCCCCCCCOC(=O)CCCCCCCCCCCCCCCCCCC. The van der Waals surface area contributed by atoms with Gasteiger partial charge in [0.25, 0.3) is 0 Å². The second-order valence-corrected chi connectivity index (χ2v) is 30.6. The van der Waals surface area contributed by atoms with E-state index in [0.717, 1.165) is 51.4 Å². The van der Waals surface area contributed by atoms with Crippen LogP contribution >= 0.6 is 0 Å². The van der Waals surface area contributed by atoms with E-state index in [1.165, 1.54) is 379 Å². The van der Waals surface area contributed by atoms with Crippen molar-refractivity contribution in [2.75, 3.05) is 19.8 Å². The number of rotatable bonds is 79. The molecule has 1 aliphatic heterocycles. The second-order valence-electron chi connectivity index (χ2n) is 30.6. The number of hydrogen-bond acceptors (Lipinski definition) is 10. The molecule has 580 valence electrons. The first kappa shape index (κ1) is 94.2. The van der Waals surface area contributed by atoms with Crippen LogP contribution in [-0.4, -0.2) is 100 Å². The third-order valence-electron chi connectivity index (χ3n) is 21.1. The largest absolute Gasteiger partial charge is 0.466 e. The van der Waals surface area contributed by atoms with Crippen LogP contribution in [0.15, 0.2) is 24.3 Å². The van der Waals surface area contributed by atoms with Gasteiger partial charge in [-0.05, 0) is 44.9 Å². The smallest absolute Gasteiger partial charge is 0.305 e. The molecule has 0 spiro atoms. The van der Waals surface area contributed by atoms with E-state index in [2.05, 4.69) is 31.3 Å². The molecule has 0 aromatic carbocycles. The minimum atomic E-state index is -1.57. The van der Waals surface area contributed by atoms with Gasteiger partial charge >= 0.3 is 5.97 Å². The number of esters is 1. The highest BCUT2D eigenvalue weighted by Crippen LogP contribution is 2.24. The Bertz CT molecular complexity index is 1680. The first-order chi connectivity index (χ1) is 48.2. The third-order valence-corrected chi connectivity index (χ3v) is 21.1. The molecule has 6 N–H and O–H groups in total. The summed E-state index contributed by atoms with van der Waals surface area (Å²) in [6.45, 7) is 4.40. The van der Waals surface area contributed by atoms with Crippen molar-refractivity contribution in [1.82, 2.24) is 5.32 Å². The number of hydrogen-bond donors (Lipinski definition) is 6. The molecule has 0 bridgehead atoms. The molecule has 1 rings (SSSR count). The molecule has 0 aromatic heterocycles. The molecule has 0 aliphatic carbocycles. The van der Waals surface area contributed by atoms with E-state index in [1.807, 2.05) is 6.08 Å². The Hall–Kier alpha value is -1.86. The molecule has 0 saturated carbocycles. The van der Waals surface area contributed by atoms with Gasteiger partial charge in [-0.1, -0.05) is 423 Å². The van der Waals surface area contributed by atoms with Crippen LogP contribution in [-0.2, 0) is 23.8 Å². The lowest BCUT2D eigenvalue weighted by molar-refractivity contribution is -0.302. The highest BCUT2D eigenvalue weighted by molar-refractivity contribution is 5.76. The molecular formula is C87H167NO10. The summed E-state index contributed by atoms with van der Waals surface area (Å²) < 4.78 is 16.8. The first-order valence-corrected chi connectivity index (χ1v) is 43.6. The van der Waals surface area contributed by atoms with Crippen LogP contribution in [0.3, 0.4) is 0 Å². The summed E-state index contributed by atoms with van der Waals surface area (Å²) in [5.74, 6) is -0.159. The molecule has 1 fully saturated rings. The predicted octanol–water partition coefficient (Wildman–Crippen LogP) is 24.3. The van der Waals surface area contributed by atoms with Crippen molar-refractivity contribution in [2.45, 2.75) is 500 Å². The van der Waals surface area contributed by atoms with E-state index in [9.17, 15) is 35.1 Å². The molecule has 11 nitrogen and oxygen atoms in total. The van der Waals surface area contributed by atoms with Gasteiger partial charge in [0.15, 0.2) is 6.29 Å². The van der Waals surface area contributed by atoms with Crippen molar-refractivity contribution in [1.29, 1.82) is 0 Å². The van der Waals surface area contributed by atoms with Crippen molar-refractivity contribution in [2.24, 2.45) is 0 Å². The molecule has 0 aromatic rings. The zero-order valence-electron chi connectivity index (χ0n) is 65.0. The Morgan fingerprint density at radius 2 is 0.663 bits per heavy atom. The molecule has 7 atom stereocenters. The van der Waals surface area contributed by atoms with Crippen LogP contribution in [0.25, 0.3) is 0 Å². The fourth-order valence-electron chi connectivity index (χ4n) is 14.3. The molecule has 98 heavy (non-hydrogen) atoms. The average Bonchev–Trinajstić information content (AvgIpc) is 0.823. The lowest BCUT2D eigenvalue weighted by Crippen LogP contribution is -2.60. The summed E-state index contributed by atoms with van der Waals surface area (Å²) in [5, 5.41) is 54.6. The van der Waals surface area contributed by atoms with Crippen LogP contribution in [0, 0.1) is 0 Å². The molecule has 7 unspecified atom stereocenters. The Balaban J connectivity index is 1.86. The number of allylic oxidation sites excluding steroid dienone is 3. The van der Waals surface area contributed by atoms with Crippen LogP contribution in [0.1, 0.15) is 457 Å². The summed E-state index contributed by atoms with van der Waals surface area (Å²) in [7, 11) is 0. The van der Waals surface area contributed by atoms with Crippen LogP contribution in [0.2, 0.25) is 0 Å². The normalized spacial score (nSPS) is 17.2. The van der Waals surface area contributed by atoms with E-state index in [4.69, 9.17) is 14.2 Å². The Kier molecular flexibility index (Phi) is 73.3. The highest BCUT2D eigenvalue weighted by Gasteiger charge is 2.44. The first-order valence-electron chi connectivity index (χ1n) is 43.6. The predicted molar refractivity (Wildman–Crippen MR) is 417 cm³/mol. The minimum Gasteiger partial charge on any atom is -0.466 e. The lowest BCUT2D eigenvalue weighted by atomic mass is 9.99. The van der Waals surface area contributed by atoms with Crippen molar-refractivity contribution in [3.05, 3.63) is 24.3 Å². The fraction of sp³-hybridized carbons (Fsp3) is 0.931. The van der Waals surface area contributed by atoms with Crippen molar-refractivity contribution < 1.29 is 49.3 Å². The highest BCUT2D eigenvalue weighted by atomic mass is 16.7. The molecule has 1 saturated heterocycles. The molecule has 11 heteroatoms. The zero-order valence-corrected chi connectivity index (χ0v) is 65.0. The number of amides is 1. The second kappa shape index (κ2) is 76.3. The Morgan fingerprint density at radius 1 is 0.367 bits per heavy atom. The van der Waals surface area contributed by atoms with Crippen molar-refractivity contribution in [3.63, 3.8) is 0 Å². The summed E-state index contributed by atoms with van der Waals surface area (Å²) in [4.78, 5) is 25.2. The fourth-order valence-corrected chi connectivity index (χ4v) is 14.3. The van der Waals surface area contributed by atoms with Gasteiger partial charge in [0.2, 0.25) is 5.91 Å². The van der Waals surface area contributed by atoms with Gasteiger partial charge < -0.3 is 45.1 Å². The maximum absolute atomic E-state index is 13.1. The van der Waals surface area contributed by atoms with Gasteiger partial charge in [0.05, 0.1) is 32.0 Å². The van der Waals surface area contributed by atoms with E-state index < -0.39 is 49.5 Å². The Morgan fingerprint density at radius 3 is 1.01 bits per heavy atom. The van der Waals surface area contributed by atoms with E-state index in [1.54, 1.807) is 6.08 Å². The van der Waals surface area contributed by atoms with Crippen molar-refractivity contribution >= 4 is 11.9 Å². The summed E-state index contributed by atoms with van der Waals surface area (Å²) in [5.41, 5.74) is 0. The maximum Gasteiger partial charge on any atom is 0.305 e. The van der Waals surface area contributed by atoms with Crippen LogP contribution in [0.4, 0.5) is 0 Å². The third kappa shape index (κ3) is 63.8. The number of nitrogens with one attached hydrogen (secondary N) is 1.